The maximum Gasteiger partial charge on any atom is 0.408 e. The number of hydrogen-bond acceptors (Lipinski definition) is 5. The first kappa shape index (κ1) is 28.7. The number of anilines is 1. The Hall–Kier alpha value is -3.54. The van der Waals surface area contributed by atoms with Gasteiger partial charge in [0.1, 0.15) is 17.7 Å². The summed E-state index contributed by atoms with van der Waals surface area (Å²) in [5.74, 6) is -1.47. The Kier molecular flexibility index (Phi) is 9.51. The molecule has 9 heteroatoms. The minimum Gasteiger partial charge on any atom is -0.444 e. The predicted molar refractivity (Wildman–Crippen MR) is 139 cm³/mol. The summed E-state index contributed by atoms with van der Waals surface area (Å²) < 4.78 is 5.19. The number of para-hydroxylation sites is 1. The van der Waals surface area contributed by atoms with Gasteiger partial charge in [0.05, 0.1) is 17.3 Å². The number of aryl methyl sites for hydroxylation is 3. The molecular weight excluding hydrogens is 482 g/mol. The summed E-state index contributed by atoms with van der Waals surface area (Å²) in [4.78, 5) is 40.2. The smallest absolute Gasteiger partial charge is 0.408 e. The molecule has 0 spiro atoms. The molecule has 36 heavy (non-hydrogen) atoms. The molecule has 0 aliphatic rings. The van der Waals surface area contributed by atoms with Crippen molar-refractivity contribution >= 4 is 35.2 Å². The van der Waals surface area contributed by atoms with Crippen LogP contribution in [0.2, 0.25) is 5.02 Å². The molecule has 0 fully saturated rings. The van der Waals surface area contributed by atoms with Gasteiger partial charge in [-0.25, -0.2) is 4.79 Å². The van der Waals surface area contributed by atoms with Crippen LogP contribution in [0.15, 0.2) is 36.4 Å². The van der Waals surface area contributed by atoms with E-state index in [4.69, 9.17) is 22.8 Å². The summed E-state index contributed by atoms with van der Waals surface area (Å²) in [6.07, 6.45) is 4.82. The number of ether oxygens (including phenoxy) is 1. The van der Waals surface area contributed by atoms with E-state index in [1.807, 2.05) is 19.9 Å². The summed E-state index contributed by atoms with van der Waals surface area (Å²) in [6, 6.07) is 10.1. The maximum absolute atomic E-state index is 13.6. The van der Waals surface area contributed by atoms with Gasteiger partial charge in [-0.2, -0.15) is 0 Å². The molecule has 3 amide bonds. The van der Waals surface area contributed by atoms with Crippen LogP contribution in [0.5, 0.6) is 0 Å². The summed E-state index contributed by atoms with van der Waals surface area (Å²) >= 11 is 6.30. The van der Waals surface area contributed by atoms with Gasteiger partial charge < -0.3 is 20.5 Å². The highest BCUT2D eigenvalue weighted by molar-refractivity contribution is 6.34. The number of amides is 3. The first-order chi connectivity index (χ1) is 16.8. The number of terminal acetylenes is 1. The van der Waals surface area contributed by atoms with Gasteiger partial charge in [0, 0.05) is 6.04 Å². The Labute approximate surface area is 217 Å². The lowest BCUT2D eigenvalue weighted by molar-refractivity contribution is -0.137. The predicted octanol–water partition coefficient (Wildman–Crippen LogP) is 4.25. The second-order valence-electron chi connectivity index (χ2n) is 9.46. The van der Waals surface area contributed by atoms with Crippen molar-refractivity contribution in [3.8, 4) is 12.5 Å². The molecule has 0 radical (unpaired) electrons. The largest absolute Gasteiger partial charge is 0.444 e. The lowest BCUT2D eigenvalue weighted by Crippen LogP contribution is -2.52. The SMILES string of the molecule is C#CN(C(=O)C(CO)NC(=O)OC(C)(C)C)C(C(=O)Nc1c(C)cccc1Cl)c1cc(C)cc(C)c1. The highest BCUT2D eigenvalue weighted by Gasteiger charge is 2.36. The summed E-state index contributed by atoms with van der Waals surface area (Å²) in [5.41, 5.74) is 2.43. The number of benzene rings is 2. The number of hydrogen-bond donors (Lipinski definition) is 3. The van der Waals surface area contributed by atoms with E-state index in [1.54, 1.807) is 58.0 Å². The van der Waals surface area contributed by atoms with Gasteiger partial charge in [-0.1, -0.05) is 59.5 Å². The van der Waals surface area contributed by atoms with Crippen LogP contribution in [-0.2, 0) is 14.3 Å². The monoisotopic (exact) mass is 513 g/mol. The van der Waals surface area contributed by atoms with E-state index in [2.05, 4.69) is 16.7 Å². The topological polar surface area (TPSA) is 108 Å². The highest BCUT2D eigenvalue weighted by Crippen LogP contribution is 2.30. The van der Waals surface area contributed by atoms with Crippen LogP contribution in [-0.4, -0.2) is 46.2 Å². The number of rotatable bonds is 7. The number of carbonyl (C=O) groups is 3. The Morgan fingerprint density at radius 2 is 1.75 bits per heavy atom. The summed E-state index contributed by atoms with van der Waals surface area (Å²) in [5, 5.41) is 15.3. The van der Waals surface area contributed by atoms with E-state index < -0.39 is 42.2 Å². The first-order valence-corrected chi connectivity index (χ1v) is 11.7. The number of alkyl carbamates (subject to hydrolysis) is 1. The van der Waals surface area contributed by atoms with Crippen LogP contribution < -0.4 is 10.6 Å². The van der Waals surface area contributed by atoms with E-state index >= 15 is 0 Å². The zero-order valence-electron chi connectivity index (χ0n) is 21.3. The van der Waals surface area contributed by atoms with Gasteiger partial charge in [0.15, 0.2) is 0 Å². The molecule has 2 aromatic carbocycles. The van der Waals surface area contributed by atoms with Crippen molar-refractivity contribution in [1.82, 2.24) is 10.2 Å². The molecule has 192 valence electrons. The van der Waals surface area contributed by atoms with Crippen molar-refractivity contribution in [2.75, 3.05) is 11.9 Å². The van der Waals surface area contributed by atoms with Crippen LogP contribution in [0, 0.1) is 33.2 Å². The fourth-order valence-corrected chi connectivity index (χ4v) is 3.90. The zero-order valence-corrected chi connectivity index (χ0v) is 22.1. The van der Waals surface area contributed by atoms with Gasteiger partial charge >= 0.3 is 6.09 Å². The molecule has 0 aliphatic carbocycles. The fourth-order valence-electron chi connectivity index (χ4n) is 3.64. The van der Waals surface area contributed by atoms with Crippen molar-refractivity contribution in [1.29, 1.82) is 0 Å². The number of carbonyl (C=O) groups excluding carboxylic acids is 3. The van der Waals surface area contributed by atoms with Crippen molar-refractivity contribution in [3.05, 3.63) is 63.7 Å². The molecule has 0 aromatic heterocycles. The number of nitrogens with zero attached hydrogens (tertiary/aromatic N) is 1. The van der Waals surface area contributed by atoms with Crippen LogP contribution in [0.3, 0.4) is 0 Å². The number of aliphatic hydroxyl groups excluding tert-OH is 1. The Bertz CT molecular complexity index is 1140. The van der Waals surface area contributed by atoms with Gasteiger partial charge in [-0.15, -0.1) is 0 Å². The van der Waals surface area contributed by atoms with Crippen molar-refractivity contribution in [3.63, 3.8) is 0 Å². The van der Waals surface area contributed by atoms with Gasteiger partial charge in [0.25, 0.3) is 11.8 Å². The minimum absolute atomic E-state index is 0.320. The van der Waals surface area contributed by atoms with Crippen molar-refractivity contribution in [2.24, 2.45) is 0 Å². The first-order valence-electron chi connectivity index (χ1n) is 11.3. The number of halogens is 1. The van der Waals surface area contributed by atoms with E-state index in [9.17, 15) is 19.5 Å². The van der Waals surface area contributed by atoms with Gasteiger partial charge in [0.2, 0.25) is 0 Å². The average Bonchev–Trinajstić information content (AvgIpc) is 2.75. The quantitative estimate of drug-likeness (QED) is 0.379. The minimum atomic E-state index is -1.45. The molecule has 0 aliphatic heterocycles. The average molecular weight is 514 g/mol. The fraction of sp³-hybridized carbons (Fsp3) is 0.370. The molecule has 0 bridgehead atoms. The van der Waals surface area contributed by atoms with Gasteiger partial charge in [-0.05, 0) is 58.7 Å². The van der Waals surface area contributed by atoms with Crippen LogP contribution >= 0.6 is 11.6 Å². The maximum atomic E-state index is 13.6. The van der Waals surface area contributed by atoms with Crippen LogP contribution in [0.4, 0.5) is 10.5 Å². The summed E-state index contributed by atoms with van der Waals surface area (Å²) in [6.45, 7) is 9.71. The Morgan fingerprint density at radius 3 is 2.25 bits per heavy atom. The van der Waals surface area contributed by atoms with E-state index in [1.165, 1.54) is 0 Å². The molecule has 8 nitrogen and oxygen atoms in total. The Morgan fingerprint density at radius 1 is 1.14 bits per heavy atom. The molecule has 2 aromatic rings. The number of aliphatic hydroxyl groups is 1. The molecule has 0 heterocycles. The normalized spacial score (nSPS) is 12.6. The van der Waals surface area contributed by atoms with E-state index in [-0.39, 0.29) is 0 Å². The van der Waals surface area contributed by atoms with Crippen LogP contribution in [0.1, 0.15) is 49.1 Å². The molecular formula is C27H32ClN3O5. The molecule has 2 unspecified atom stereocenters. The second-order valence-corrected chi connectivity index (χ2v) is 9.87. The zero-order chi connectivity index (χ0) is 27.2. The number of nitrogens with one attached hydrogen (secondary N) is 2. The molecule has 2 rings (SSSR count). The van der Waals surface area contributed by atoms with Crippen molar-refractivity contribution < 1.29 is 24.2 Å². The molecule has 0 saturated heterocycles. The van der Waals surface area contributed by atoms with Crippen LogP contribution in [0.25, 0.3) is 0 Å². The lowest BCUT2D eigenvalue weighted by atomic mass is 9.98. The van der Waals surface area contributed by atoms with E-state index in [0.29, 0.717) is 21.8 Å². The van der Waals surface area contributed by atoms with E-state index in [0.717, 1.165) is 16.0 Å². The third-order valence-electron chi connectivity index (χ3n) is 5.08. The molecule has 2 atom stereocenters. The molecule has 0 saturated carbocycles. The van der Waals surface area contributed by atoms with Gasteiger partial charge in [-0.3, -0.25) is 14.5 Å². The standard InChI is InChI=1S/C27H32ClN3O5/c1-8-31(25(34)21(15-32)29-26(35)36-27(5,6)7)23(19-13-16(2)12-17(3)14-19)24(33)30-22-18(4)10-9-11-20(22)28/h1,9-14,21,23,32H,15H2,2-7H3,(H,29,35)(H,30,33). The second kappa shape index (κ2) is 11.9. The highest BCUT2D eigenvalue weighted by atomic mass is 35.5. The summed E-state index contributed by atoms with van der Waals surface area (Å²) in [7, 11) is 0. The van der Waals surface area contributed by atoms with Crippen molar-refractivity contribution in [2.45, 2.75) is 59.2 Å². The third-order valence-corrected chi connectivity index (χ3v) is 5.40. The third kappa shape index (κ3) is 7.48. The lowest BCUT2D eigenvalue weighted by Gasteiger charge is -2.30. The molecule has 3 N–H and O–H groups in total. The Balaban J connectivity index is 2.50.